The highest BCUT2D eigenvalue weighted by atomic mass is 17.1. The van der Waals surface area contributed by atoms with Crippen LogP contribution < -0.4 is 0 Å². The highest BCUT2D eigenvalue weighted by molar-refractivity contribution is 5.19. The molecule has 0 aromatic carbocycles. The van der Waals surface area contributed by atoms with Crippen molar-refractivity contribution in [3.63, 3.8) is 0 Å². The molecule has 0 bridgehead atoms. The van der Waals surface area contributed by atoms with Crippen LogP contribution in [0.1, 0.15) is 65.2 Å². The van der Waals surface area contributed by atoms with Crippen molar-refractivity contribution in [3.05, 3.63) is 35.5 Å². The standard InChI is InChI=1S/C18H28O2/c1-3-15-7-5-8-17(13-15)10-12-18(20-19)11-6-9-16(4-2)14-18/h7,9-10,12,17,19H,3-6,8,11,13-14H2,1-2H3. The molecule has 20 heavy (non-hydrogen) atoms. The minimum atomic E-state index is -0.479. The van der Waals surface area contributed by atoms with Crippen LogP contribution >= 0.6 is 0 Å². The molecule has 1 N–H and O–H groups in total. The third-order valence-electron chi connectivity index (χ3n) is 4.78. The first-order valence-corrected chi connectivity index (χ1v) is 8.09. The molecule has 0 saturated carbocycles. The molecule has 2 nitrogen and oxygen atoms in total. The van der Waals surface area contributed by atoms with Gasteiger partial charge in [0.1, 0.15) is 5.60 Å². The molecule has 2 aliphatic carbocycles. The van der Waals surface area contributed by atoms with Crippen LogP contribution in [-0.4, -0.2) is 10.9 Å². The molecular formula is C18H28O2. The highest BCUT2D eigenvalue weighted by Crippen LogP contribution is 2.35. The third kappa shape index (κ3) is 3.83. The van der Waals surface area contributed by atoms with Crippen molar-refractivity contribution in [3.8, 4) is 0 Å². The van der Waals surface area contributed by atoms with E-state index in [0.717, 1.165) is 32.1 Å². The Balaban J connectivity index is 2.01. The number of rotatable bonds is 5. The quantitative estimate of drug-likeness (QED) is 0.412. The van der Waals surface area contributed by atoms with Gasteiger partial charge in [-0.15, -0.1) is 0 Å². The molecule has 0 fully saturated rings. The molecule has 2 unspecified atom stereocenters. The monoisotopic (exact) mass is 276 g/mol. The second-order valence-corrected chi connectivity index (χ2v) is 6.20. The molecule has 0 spiro atoms. The van der Waals surface area contributed by atoms with Gasteiger partial charge < -0.3 is 0 Å². The Bertz CT molecular complexity index is 406. The van der Waals surface area contributed by atoms with Crippen LogP contribution in [0.4, 0.5) is 0 Å². The molecule has 2 atom stereocenters. The summed E-state index contributed by atoms with van der Waals surface area (Å²) in [6.07, 6.45) is 17.6. The van der Waals surface area contributed by atoms with Crippen LogP contribution in [0.2, 0.25) is 0 Å². The highest BCUT2D eigenvalue weighted by Gasteiger charge is 2.32. The lowest BCUT2D eigenvalue weighted by Crippen LogP contribution is -2.32. The lowest BCUT2D eigenvalue weighted by molar-refractivity contribution is -0.309. The smallest absolute Gasteiger partial charge is 0.125 e. The van der Waals surface area contributed by atoms with Gasteiger partial charge >= 0.3 is 0 Å². The van der Waals surface area contributed by atoms with Gasteiger partial charge in [-0.1, -0.05) is 49.3 Å². The zero-order valence-corrected chi connectivity index (χ0v) is 12.9. The van der Waals surface area contributed by atoms with E-state index in [4.69, 9.17) is 4.89 Å². The fraction of sp³-hybridized carbons (Fsp3) is 0.667. The zero-order chi connectivity index (χ0) is 14.4. The summed E-state index contributed by atoms with van der Waals surface area (Å²) >= 11 is 0. The lowest BCUT2D eigenvalue weighted by atomic mass is 9.81. The fourth-order valence-corrected chi connectivity index (χ4v) is 3.37. The molecule has 112 valence electrons. The van der Waals surface area contributed by atoms with E-state index in [2.05, 4.69) is 38.2 Å². The summed E-state index contributed by atoms with van der Waals surface area (Å²) in [6, 6.07) is 0. The van der Waals surface area contributed by atoms with Crippen LogP contribution in [0.3, 0.4) is 0 Å². The molecular weight excluding hydrogens is 248 g/mol. The van der Waals surface area contributed by atoms with Crippen molar-refractivity contribution in [2.75, 3.05) is 0 Å². The molecule has 0 amide bonds. The zero-order valence-electron chi connectivity index (χ0n) is 12.9. The first kappa shape index (κ1) is 15.5. The van der Waals surface area contributed by atoms with Gasteiger partial charge in [0.2, 0.25) is 0 Å². The Morgan fingerprint density at radius 2 is 2.00 bits per heavy atom. The maximum absolute atomic E-state index is 9.39. The van der Waals surface area contributed by atoms with Crippen LogP contribution in [0.5, 0.6) is 0 Å². The van der Waals surface area contributed by atoms with E-state index in [1.807, 2.05) is 0 Å². The number of hydrogen-bond acceptors (Lipinski definition) is 2. The van der Waals surface area contributed by atoms with Gasteiger partial charge in [-0.2, -0.15) is 0 Å². The molecule has 0 radical (unpaired) electrons. The predicted molar refractivity (Wildman–Crippen MR) is 83.5 cm³/mol. The van der Waals surface area contributed by atoms with E-state index in [1.165, 1.54) is 24.8 Å². The van der Waals surface area contributed by atoms with E-state index >= 15 is 0 Å². The van der Waals surface area contributed by atoms with Crippen LogP contribution in [0.15, 0.2) is 35.5 Å². The molecule has 2 rings (SSSR count). The summed E-state index contributed by atoms with van der Waals surface area (Å²) in [7, 11) is 0. The molecule has 0 aromatic rings. The Kier molecular flexibility index (Phi) is 5.62. The minimum Gasteiger partial charge on any atom is -0.251 e. The number of allylic oxidation sites excluding steroid dienone is 4. The summed E-state index contributed by atoms with van der Waals surface area (Å²) in [5.41, 5.74) is 2.49. The van der Waals surface area contributed by atoms with Crippen molar-refractivity contribution in [2.24, 2.45) is 5.92 Å². The summed E-state index contributed by atoms with van der Waals surface area (Å²) in [4.78, 5) is 4.91. The SMILES string of the molecule is CCC1=CCCC(C=CC2(OO)CCC=C(CC)C2)C1. The van der Waals surface area contributed by atoms with Crippen molar-refractivity contribution in [1.29, 1.82) is 0 Å². The van der Waals surface area contributed by atoms with Crippen LogP contribution in [0.25, 0.3) is 0 Å². The predicted octanol–water partition coefficient (Wildman–Crippen LogP) is 5.43. The lowest BCUT2D eigenvalue weighted by Gasteiger charge is -2.32. The average molecular weight is 276 g/mol. The fourth-order valence-electron chi connectivity index (χ4n) is 3.37. The van der Waals surface area contributed by atoms with E-state index in [0.29, 0.717) is 5.92 Å². The molecule has 2 heteroatoms. The first-order chi connectivity index (χ1) is 9.71. The van der Waals surface area contributed by atoms with Crippen molar-refractivity contribution < 1.29 is 10.1 Å². The maximum Gasteiger partial charge on any atom is 0.125 e. The number of hydrogen-bond donors (Lipinski definition) is 1. The van der Waals surface area contributed by atoms with Crippen LogP contribution in [0, 0.1) is 5.92 Å². The van der Waals surface area contributed by atoms with Crippen LogP contribution in [-0.2, 0) is 4.89 Å². The first-order valence-electron chi connectivity index (χ1n) is 8.09. The van der Waals surface area contributed by atoms with Gasteiger partial charge in [-0.05, 0) is 50.9 Å². The van der Waals surface area contributed by atoms with Gasteiger partial charge in [0, 0.05) is 6.42 Å². The second kappa shape index (κ2) is 7.24. The van der Waals surface area contributed by atoms with E-state index in [-0.39, 0.29) is 0 Å². The summed E-state index contributed by atoms with van der Waals surface area (Å²) in [6.45, 7) is 4.40. The Morgan fingerprint density at radius 3 is 2.70 bits per heavy atom. The topological polar surface area (TPSA) is 29.5 Å². The molecule has 0 heterocycles. The van der Waals surface area contributed by atoms with Crippen molar-refractivity contribution >= 4 is 0 Å². The Labute approximate surface area is 123 Å². The van der Waals surface area contributed by atoms with Crippen molar-refractivity contribution in [1.82, 2.24) is 0 Å². The molecule has 2 aliphatic rings. The maximum atomic E-state index is 9.39. The normalized spacial score (nSPS) is 31.2. The minimum absolute atomic E-state index is 0.479. The van der Waals surface area contributed by atoms with Gasteiger partial charge in [0.15, 0.2) is 0 Å². The van der Waals surface area contributed by atoms with Gasteiger partial charge in [-0.25, -0.2) is 4.89 Å². The van der Waals surface area contributed by atoms with Gasteiger partial charge in [0.25, 0.3) is 0 Å². The average Bonchev–Trinajstić information content (AvgIpc) is 2.53. The summed E-state index contributed by atoms with van der Waals surface area (Å²) in [5, 5.41) is 9.39. The van der Waals surface area contributed by atoms with E-state index in [9.17, 15) is 5.26 Å². The van der Waals surface area contributed by atoms with Gasteiger partial charge in [-0.3, -0.25) is 5.26 Å². The summed E-state index contributed by atoms with van der Waals surface area (Å²) in [5.74, 6) is 0.609. The van der Waals surface area contributed by atoms with E-state index in [1.54, 1.807) is 5.57 Å². The molecule has 0 saturated heterocycles. The second-order valence-electron chi connectivity index (χ2n) is 6.20. The molecule has 0 aliphatic heterocycles. The van der Waals surface area contributed by atoms with Crippen molar-refractivity contribution in [2.45, 2.75) is 70.8 Å². The Morgan fingerprint density at radius 1 is 1.25 bits per heavy atom. The third-order valence-corrected chi connectivity index (χ3v) is 4.78. The molecule has 0 aromatic heterocycles. The van der Waals surface area contributed by atoms with E-state index < -0.39 is 5.60 Å². The van der Waals surface area contributed by atoms with Gasteiger partial charge in [0.05, 0.1) is 0 Å². The summed E-state index contributed by atoms with van der Waals surface area (Å²) < 4.78 is 0. The largest absolute Gasteiger partial charge is 0.251 e. The Hall–Kier alpha value is -0.860.